The molecule has 3 rings (SSSR count). The molecule has 7 nitrogen and oxygen atoms in total. The van der Waals surface area contributed by atoms with E-state index in [-0.39, 0.29) is 17.6 Å². The summed E-state index contributed by atoms with van der Waals surface area (Å²) in [5.41, 5.74) is -0.178. The number of nitrogens with one attached hydrogen (secondary N) is 1. The predicted molar refractivity (Wildman–Crippen MR) is 68.8 cm³/mol. The van der Waals surface area contributed by atoms with Gasteiger partial charge in [-0.25, -0.2) is 4.98 Å². The van der Waals surface area contributed by atoms with E-state index in [2.05, 4.69) is 15.4 Å². The summed E-state index contributed by atoms with van der Waals surface area (Å²) in [4.78, 5) is 15.9. The van der Waals surface area contributed by atoms with E-state index in [0.717, 1.165) is 0 Å². The summed E-state index contributed by atoms with van der Waals surface area (Å²) in [6.07, 6.45) is 6.77. The Hall–Kier alpha value is -2.15. The highest BCUT2D eigenvalue weighted by Crippen LogP contribution is 2.33. The lowest BCUT2D eigenvalue weighted by molar-refractivity contribution is 0.0132. The van der Waals surface area contributed by atoms with Crippen LogP contribution in [-0.2, 0) is 7.05 Å². The number of aryl methyl sites for hydroxylation is 1. The van der Waals surface area contributed by atoms with Gasteiger partial charge in [0.25, 0.3) is 5.56 Å². The number of aliphatic hydroxyl groups is 1. The fraction of sp³-hybridized carbons (Fsp3) is 0.417. The molecule has 3 atom stereocenters. The van der Waals surface area contributed by atoms with Crippen molar-refractivity contribution in [3.05, 3.63) is 41.2 Å². The highest BCUT2D eigenvalue weighted by molar-refractivity contribution is 5.34. The van der Waals surface area contributed by atoms with Gasteiger partial charge in [0.05, 0.1) is 18.2 Å². The van der Waals surface area contributed by atoms with E-state index in [4.69, 9.17) is 0 Å². The van der Waals surface area contributed by atoms with E-state index in [1.165, 1.54) is 4.57 Å². The second kappa shape index (κ2) is 4.51. The van der Waals surface area contributed by atoms with Crippen LogP contribution in [0.3, 0.4) is 0 Å². The molecule has 2 N–H and O–H groups in total. The van der Waals surface area contributed by atoms with Crippen molar-refractivity contribution >= 4 is 5.82 Å². The Bertz CT molecular complexity index is 621. The van der Waals surface area contributed by atoms with Crippen LogP contribution in [0.5, 0.6) is 0 Å². The summed E-state index contributed by atoms with van der Waals surface area (Å²) >= 11 is 0. The van der Waals surface area contributed by atoms with Crippen molar-refractivity contribution < 1.29 is 5.11 Å². The van der Waals surface area contributed by atoms with Gasteiger partial charge >= 0.3 is 0 Å². The minimum Gasteiger partial charge on any atom is -0.391 e. The monoisotopic (exact) mass is 261 g/mol. The highest BCUT2D eigenvalue weighted by atomic mass is 16.3. The van der Waals surface area contributed by atoms with Gasteiger partial charge in [0.2, 0.25) is 0 Å². The molecule has 1 saturated carbocycles. The Balaban J connectivity index is 1.81. The highest BCUT2D eigenvalue weighted by Gasteiger charge is 2.42. The SMILES string of the molecule is Cn1ccnc(N[C@H]2C[C@@H](O)[C@@H]2n2cccn2)c1=O. The van der Waals surface area contributed by atoms with Crippen molar-refractivity contribution in [2.45, 2.75) is 24.6 Å². The Labute approximate surface area is 109 Å². The van der Waals surface area contributed by atoms with Crippen LogP contribution < -0.4 is 10.9 Å². The summed E-state index contributed by atoms with van der Waals surface area (Å²) in [6.45, 7) is 0. The summed E-state index contributed by atoms with van der Waals surface area (Å²) in [6, 6.07) is 1.60. The molecule has 0 radical (unpaired) electrons. The van der Waals surface area contributed by atoms with Gasteiger partial charge in [0.15, 0.2) is 5.82 Å². The van der Waals surface area contributed by atoms with Gasteiger partial charge in [-0.1, -0.05) is 0 Å². The van der Waals surface area contributed by atoms with Crippen LogP contribution in [0.15, 0.2) is 35.6 Å². The molecule has 100 valence electrons. The fourth-order valence-electron chi connectivity index (χ4n) is 2.35. The van der Waals surface area contributed by atoms with Gasteiger partial charge < -0.3 is 15.0 Å². The van der Waals surface area contributed by atoms with E-state index in [9.17, 15) is 9.90 Å². The minimum absolute atomic E-state index is 0.0440. The van der Waals surface area contributed by atoms with Crippen molar-refractivity contribution in [2.24, 2.45) is 7.05 Å². The predicted octanol–water partition coefficient (Wildman–Crippen LogP) is -0.237. The van der Waals surface area contributed by atoms with E-state index in [0.29, 0.717) is 12.2 Å². The Morgan fingerprint density at radius 2 is 2.26 bits per heavy atom. The molecule has 0 spiro atoms. The molecule has 2 aromatic heterocycles. The summed E-state index contributed by atoms with van der Waals surface area (Å²) < 4.78 is 3.17. The number of rotatable bonds is 3. The lowest BCUT2D eigenvalue weighted by atomic mass is 9.83. The van der Waals surface area contributed by atoms with Gasteiger partial charge in [-0.05, 0) is 12.5 Å². The number of anilines is 1. The summed E-state index contributed by atoms with van der Waals surface area (Å²) in [5.74, 6) is 0.305. The largest absolute Gasteiger partial charge is 0.391 e. The van der Waals surface area contributed by atoms with Gasteiger partial charge in [-0.3, -0.25) is 9.48 Å². The molecule has 2 heterocycles. The smallest absolute Gasteiger partial charge is 0.293 e. The molecular formula is C12H15N5O2. The van der Waals surface area contributed by atoms with Crippen molar-refractivity contribution in [1.82, 2.24) is 19.3 Å². The zero-order valence-corrected chi connectivity index (χ0v) is 10.5. The zero-order chi connectivity index (χ0) is 13.4. The second-order valence-electron chi connectivity index (χ2n) is 4.72. The maximum Gasteiger partial charge on any atom is 0.293 e. The van der Waals surface area contributed by atoms with E-state index in [1.54, 1.807) is 36.5 Å². The molecule has 19 heavy (non-hydrogen) atoms. The van der Waals surface area contributed by atoms with E-state index < -0.39 is 6.10 Å². The number of hydrogen-bond donors (Lipinski definition) is 2. The molecule has 2 aromatic rings. The molecule has 0 aromatic carbocycles. The Morgan fingerprint density at radius 1 is 1.42 bits per heavy atom. The lowest BCUT2D eigenvalue weighted by Gasteiger charge is -2.41. The summed E-state index contributed by atoms with van der Waals surface area (Å²) in [5, 5.41) is 17.1. The first-order valence-electron chi connectivity index (χ1n) is 6.12. The third-order valence-corrected chi connectivity index (χ3v) is 3.47. The van der Waals surface area contributed by atoms with Crippen LogP contribution in [0.25, 0.3) is 0 Å². The topological polar surface area (TPSA) is 85.0 Å². The zero-order valence-electron chi connectivity index (χ0n) is 10.5. The molecular weight excluding hydrogens is 246 g/mol. The van der Waals surface area contributed by atoms with E-state index >= 15 is 0 Å². The molecule has 1 aliphatic rings. The average Bonchev–Trinajstić information content (AvgIpc) is 2.87. The maximum absolute atomic E-state index is 11.9. The lowest BCUT2D eigenvalue weighted by Crippen LogP contribution is -2.52. The first kappa shape index (κ1) is 11.9. The number of hydrogen-bond acceptors (Lipinski definition) is 5. The van der Waals surface area contributed by atoms with Crippen LogP contribution in [0.1, 0.15) is 12.5 Å². The third kappa shape index (κ3) is 2.01. The van der Waals surface area contributed by atoms with Crippen molar-refractivity contribution in [3.63, 3.8) is 0 Å². The fourth-order valence-corrected chi connectivity index (χ4v) is 2.35. The van der Waals surface area contributed by atoms with Crippen LogP contribution >= 0.6 is 0 Å². The quantitative estimate of drug-likeness (QED) is 0.796. The third-order valence-electron chi connectivity index (χ3n) is 3.47. The maximum atomic E-state index is 11.9. The number of aromatic nitrogens is 4. The van der Waals surface area contributed by atoms with Gasteiger partial charge in [0, 0.05) is 31.8 Å². The van der Waals surface area contributed by atoms with E-state index in [1.807, 2.05) is 6.07 Å². The second-order valence-corrected chi connectivity index (χ2v) is 4.72. The number of nitrogens with zero attached hydrogens (tertiary/aromatic N) is 4. The van der Waals surface area contributed by atoms with Crippen LogP contribution in [0.4, 0.5) is 5.82 Å². The van der Waals surface area contributed by atoms with Crippen molar-refractivity contribution in [1.29, 1.82) is 0 Å². The first-order valence-corrected chi connectivity index (χ1v) is 6.12. The molecule has 7 heteroatoms. The average molecular weight is 261 g/mol. The van der Waals surface area contributed by atoms with Gasteiger partial charge in [0.1, 0.15) is 0 Å². The molecule has 0 unspecified atom stereocenters. The molecule has 0 saturated heterocycles. The van der Waals surface area contributed by atoms with Gasteiger partial charge in [-0.2, -0.15) is 5.10 Å². The normalized spacial score (nSPS) is 25.9. The first-order chi connectivity index (χ1) is 9.16. The van der Waals surface area contributed by atoms with Crippen LogP contribution in [-0.4, -0.2) is 36.6 Å². The minimum atomic E-state index is -0.454. The van der Waals surface area contributed by atoms with Crippen LogP contribution in [0.2, 0.25) is 0 Å². The van der Waals surface area contributed by atoms with Crippen LogP contribution in [0, 0.1) is 0 Å². The Kier molecular flexibility index (Phi) is 2.83. The van der Waals surface area contributed by atoms with Gasteiger partial charge in [-0.15, -0.1) is 0 Å². The van der Waals surface area contributed by atoms with Crippen molar-refractivity contribution in [2.75, 3.05) is 5.32 Å². The standard InChI is InChI=1S/C12H15N5O2/c1-16-6-4-13-11(12(16)19)15-8-7-9(18)10(8)17-5-2-3-14-17/h2-6,8-10,18H,7H2,1H3,(H,13,15)/t8-,9+,10+/m0/s1. The Morgan fingerprint density at radius 3 is 2.95 bits per heavy atom. The molecule has 1 fully saturated rings. The molecule has 1 aliphatic carbocycles. The molecule has 0 bridgehead atoms. The number of aliphatic hydroxyl groups excluding tert-OH is 1. The van der Waals surface area contributed by atoms with Crippen molar-refractivity contribution in [3.8, 4) is 0 Å². The summed E-state index contributed by atoms with van der Waals surface area (Å²) in [7, 11) is 1.68. The molecule has 0 amide bonds. The molecule has 0 aliphatic heterocycles.